The smallest absolute Gasteiger partial charge is 0.0843 e. The highest BCUT2D eigenvalue weighted by Gasteiger charge is 2.24. The van der Waals surface area contributed by atoms with Crippen molar-refractivity contribution in [1.29, 1.82) is 0 Å². The van der Waals surface area contributed by atoms with Crippen molar-refractivity contribution in [2.75, 3.05) is 11.5 Å². The van der Waals surface area contributed by atoms with Crippen LogP contribution in [-0.4, -0.2) is 16.6 Å². The van der Waals surface area contributed by atoms with Gasteiger partial charge in [-0.3, -0.25) is 0 Å². The summed E-state index contributed by atoms with van der Waals surface area (Å²) < 4.78 is 0. The van der Waals surface area contributed by atoms with Crippen LogP contribution in [0.1, 0.15) is 43.7 Å². The van der Waals surface area contributed by atoms with Crippen molar-refractivity contribution >= 4 is 11.8 Å². The molecule has 0 saturated carbocycles. The van der Waals surface area contributed by atoms with Crippen molar-refractivity contribution in [3.63, 3.8) is 0 Å². The normalized spacial score (nSPS) is 18.7. The van der Waals surface area contributed by atoms with Gasteiger partial charge in [-0.2, -0.15) is 11.8 Å². The van der Waals surface area contributed by atoms with E-state index in [0.717, 1.165) is 5.56 Å². The van der Waals surface area contributed by atoms with Gasteiger partial charge in [-0.1, -0.05) is 24.3 Å². The van der Waals surface area contributed by atoms with Crippen LogP contribution in [0.2, 0.25) is 0 Å². The second-order valence-corrected chi connectivity index (χ2v) is 6.26. The zero-order valence-electron chi connectivity index (χ0n) is 10.1. The van der Waals surface area contributed by atoms with Crippen molar-refractivity contribution in [3.8, 4) is 0 Å². The highest BCUT2D eigenvalue weighted by molar-refractivity contribution is 7.99. The van der Waals surface area contributed by atoms with Crippen molar-refractivity contribution in [2.24, 2.45) is 0 Å². The van der Waals surface area contributed by atoms with Gasteiger partial charge in [0.25, 0.3) is 0 Å². The highest BCUT2D eigenvalue weighted by atomic mass is 32.2. The van der Waals surface area contributed by atoms with Crippen molar-refractivity contribution < 1.29 is 5.11 Å². The maximum Gasteiger partial charge on any atom is 0.0843 e. The lowest BCUT2D eigenvalue weighted by atomic mass is 9.84. The molecule has 0 radical (unpaired) electrons. The van der Waals surface area contributed by atoms with Gasteiger partial charge in [0.2, 0.25) is 0 Å². The molecule has 1 nitrogen and oxygen atoms in total. The van der Waals surface area contributed by atoms with E-state index in [-0.39, 0.29) is 0 Å². The topological polar surface area (TPSA) is 20.2 Å². The molecule has 1 saturated heterocycles. The predicted molar refractivity (Wildman–Crippen MR) is 71.0 cm³/mol. The van der Waals surface area contributed by atoms with E-state index >= 15 is 0 Å². The van der Waals surface area contributed by atoms with E-state index in [1.807, 2.05) is 31.7 Å². The number of hydrogen-bond acceptors (Lipinski definition) is 2. The van der Waals surface area contributed by atoms with E-state index in [1.54, 1.807) is 0 Å². The molecule has 0 unspecified atom stereocenters. The maximum atomic E-state index is 10.2. The number of benzene rings is 1. The molecule has 0 aromatic heterocycles. The van der Waals surface area contributed by atoms with Crippen molar-refractivity contribution in [3.05, 3.63) is 35.4 Å². The summed E-state index contributed by atoms with van der Waals surface area (Å²) in [5.41, 5.74) is 1.74. The molecule has 88 valence electrons. The Balaban J connectivity index is 2.32. The van der Waals surface area contributed by atoms with Gasteiger partial charge >= 0.3 is 0 Å². The number of thioether (sulfide) groups is 1. The second kappa shape index (κ2) is 4.80. The molecular weight excluding hydrogens is 216 g/mol. The van der Waals surface area contributed by atoms with E-state index in [1.165, 1.54) is 29.9 Å². The third kappa shape index (κ3) is 2.61. The average Bonchev–Trinajstić information content (AvgIpc) is 2.29. The molecule has 2 heteroatoms. The molecule has 0 amide bonds. The fraction of sp³-hybridized carbons (Fsp3) is 0.571. The zero-order chi connectivity index (χ0) is 11.6. The number of rotatable bonds is 2. The predicted octanol–water partition coefficient (Wildman–Crippen LogP) is 3.52. The number of hydrogen-bond donors (Lipinski definition) is 1. The van der Waals surface area contributed by atoms with Gasteiger partial charge in [0, 0.05) is 0 Å². The summed E-state index contributed by atoms with van der Waals surface area (Å²) >= 11 is 2.04. The molecule has 1 aromatic rings. The molecule has 0 aliphatic carbocycles. The Kier molecular flexibility index (Phi) is 3.60. The third-order valence-corrected chi connectivity index (χ3v) is 4.33. The van der Waals surface area contributed by atoms with Crippen LogP contribution in [0.3, 0.4) is 0 Å². The summed E-state index contributed by atoms with van der Waals surface area (Å²) in [4.78, 5) is 0. The standard InChI is InChI=1S/C14H20OS/c1-14(2,15)13-6-4-3-5-12(13)11-7-9-16-10-8-11/h3-6,11,15H,7-10H2,1-2H3. The lowest BCUT2D eigenvalue weighted by Crippen LogP contribution is -2.20. The molecule has 1 aliphatic rings. The monoisotopic (exact) mass is 236 g/mol. The van der Waals surface area contributed by atoms with E-state index < -0.39 is 5.60 Å². The summed E-state index contributed by atoms with van der Waals surface area (Å²) in [5.74, 6) is 3.15. The molecule has 1 aliphatic heterocycles. The van der Waals surface area contributed by atoms with E-state index in [2.05, 4.69) is 18.2 Å². The summed E-state index contributed by atoms with van der Waals surface area (Å²) in [6, 6.07) is 8.37. The lowest BCUT2D eigenvalue weighted by molar-refractivity contribution is 0.0771. The first kappa shape index (κ1) is 12.0. The minimum Gasteiger partial charge on any atom is -0.386 e. The van der Waals surface area contributed by atoms with Gasteiger partial charge < -0.3 is 5.11 Å². The first-order valence-corrected chi connectivity index (χ1v) is 7.14. The van der Waals surface area contributed by atoms with E-state index in [0.29, 0.717) is 5.92 Å². The summed E-state index contributed by atoms with van der Waals surface area (Å²) in [6.45, 7) is 3.76. The van der Waals surface area contributed by atoms with Gasteiger partial charge in [0.1, 0.15) is 0 Å². The fourth-order valence-electron chi connectivity index (χ4n) is 2.42. The largest absolute Gasteiger partial charge is 0.386 e. The van der Waals surface area contributed by atoms with Crippen LogP contribution in [-0.2, 0) is 5.60 Å². The molecule has 1 fully saturated rings. The fourth-order valence-corrected chi connectivity index (χ4v) is 3.53. The first-order chi connectivity index (χ1) is 7.59. The Hall–Kier alpha value is -0.470. The quantitative estimate of drug-likeness (QED) is 0.847. The van der Waals surface area contributed by atoms with Gasteiger partial charge in [-0.05, 0) is 55.2 Å². The van der Waals surface area contributed by atoms with Gasteiger partial charge in [0.05, 0.1) is 5.60 Å². The van der Waals surface area contributed by atoms with Crippen LogP contribution in [0.25, 0.3) is 0 Å². The average molecular weight is 236 g/mol. The highest BCUT2D eigenvalue weighted by Crippen LogP contribution is 2.36. The third-order valence-electron chi connectivity index (χ3n) is 3.28. The van der Waals surface area contributed by atoms with Crippen LogP contribution in [0, 0.1) is 0 Å². The van der Waals surface area contributed by atoms with E-state index in [9.17, 15) is 5.11 Å². The second-order valence-electron chi connectivity index (χ2n) is 5.03. The van der Waals surface area contributed by atoms with Crippen LogP contribution < -0.4 is 0 Å². The molecule has 1 N–H and O–H groups in total. The van der Waals surface area contributed by atoms with E-state index in [4.69, 9.17) is 0 Å². The van der Waals surface area contributed by atoms with Gasteiger partial charge in [-0.15, -0.1) is 0 Å². The Bertz CT molecular complexity index is 348. The van der Waals surface area contributed by atoms with Gasteiger partial charge in [0.15, 0.2) is 0 Å². The first-order valence-electron chi connectivity index (χ1n) is 5.98. The van der Waals surface area contributed by atoms with Crippen LogP contribution in [0.15, 0.2) is 24.3 Å². The number of aliphatic hydroxyl groups is 1. The Morgan fingerprint density at radius 3 is 2.44 bits per heavy atom. The maximum absolute atomic E-state index is 10.2. The Morgan fingerprint density at radius 1 is 1.19 bits per heavy atom. The Labute approximate surface area is 102 Å². The molecule has 2 rings (SSSR count). The summed E-state index contributed by atoms with van der Waals surface area (Å²) in [7, 11) is 0. The van der Waals surface area contributed by atoms with Crippen molar-refractivity contribution in [2.45, 2.75) is 38.2 Å². The molecule has 1 aromatic carbocycles. The van der Waals surface area contributed by atoms with Crippen LogP contribution in [0.5, 0.6) is 0 Å². The zero-order valence-corrected chi connectivity index (χ0v) is 10.9. The molecule has 0 atom stereocenters. The van der Waals surface area contributed by atoms with Crippen LogP contribution in [0.4, 0.5) is 0 Å². The molecule has 0 bridgehead atoms. The molecular formula is C14H20OS. The molecule has 0 spiro atoms. The summed E-state index contributed by atoms with van der Waals surface area (Å²) in [5, 5.41) is 10.2. The van der Waals surface area contributed by atoms with Crippen LogP contribution >= 0.6 is 11.8 Å². The van der Waals surface area contributed by atoms with Gasteiger partial charge in [-0.25, -0.2) is 0 Å². The Morgan fingerprint density at radius 2 is 1.81 bits per heavy atom. The summed E-state index contributed by atoms with van der Waals surface area (Å²) in [6.07, 6.45) is 2.50. The minimum absolute atomic E-state index is 0.642. The van der Waals surface area contributed by atoms with Crippen molar-refractivity contribution in [1.82, 2.24) is 0 Å². The lowest BCUT2D eigenvalue weighted by Gasteiger charge is -2.28. The minimum atomic E-state index is -0.721. The molecule has 16 heavy (non-hydrogen) atoms. The SMILES string of the molecule is CC(C)(O)c1ccccc1C1CCSCC1. The molecule has 1 heterocycles.